The van der Waals surface area contributed by atoms with Crippen LogP contribution in [0.5, 0.6) is 11.5 Å². The number of benzene rings is 2. The Bertz CT molecular complexity index is 828. The molecule has 23 heavy (non-hydrogen) atoms. The molecule has 6 nitrogen and oxygen atoms in total. The molecule has 0 aliphatic rings. The molecule has 0 aliphatic carbocycles. The Morgan fingerprint density at radius 3 is 1.48 bits per heavy atom. The monoisotopic (exact) mass is 358 g/mol. The van der Waals surface area contributed by atoms with E-state index in [2.05, 4.69) is 0 Å². The van der Waals surface area contributed by atoms with E-state index in [0.717, 1.165) is 11.3 Å². The van der Waals surface area contributed by atoms with E-state index < -0.39 is 20.0 Å². The zero-order chi connectivity index (χ0) is 17.7. The third kappa shape index (κ3) is 8.34. The van der Waals surface area contributed by atoms with Crippen LogP contribution in [0, 0.1) is 6.92 Å². The van der Waals surface area contributed by atoms with Crippen LogP contribution in [0.2, 0.25) is 0 Å². The lowest BCUT2D eigenvalue weighted by molar-refractivity contribution is 0.482. The average Bonchev–Trinajstić information content (AvgIpc) is 2.39. The number of ether oxygens (including phenoxy) is 1. The highest BCUT2D eigenvalue weighted by molar-refractivity contribution is 7.90. The molecule has 0 unspecified atom stereocenters. The van der Waals surface area contributed by atoms with Gasteiger partial charge in [0.1, 0.15) is 11.5 Å². The Balaban J connectivity index is 0.000000463. The summed E-state index contributed by atoms with van der Waals surface area (Å²) in [7, 11) is -6.82. The minimum atomic E-state index is -3.67. The van der Waals surface area contributed by atoms with Gasteiger partial charge in [0.15, 0.2) is 9.84 Å². The molecule has 2 rings (SSSR count). The maximum Gasteiger partial charge on any atom is 0.261 e. The first-order chi connectivity index (χ1) is 10.4. The highest BCUT2D eigenvalue weighted by Crippen LogP contribution is 2.23. The Morgan fingerprint density at radius 2 is 1.13 bits per heavy atom. The van der Waals surface area contributed by atoms with Gasteiger partial charge in [0, 0.05) is 6.26 Å². The molecule has 126 valence electrons. The lowest BCUT2D eigenvalue weighted by Gasteiger charge is -2.06. The predicted molar refractivity (Wildman–Crippen MR) is 88.3 cm³/mol. The van der Waals surface area contributed by atoms with E-state index in [9.17, 15) is 16.8 Å². The summed E-state index contributed by atoms with van der Waals surface area (Å²) in [6.07, 6.45) is 1.90. The van der Waals surface area contributed by atoms with E-state index in [1.165, 1.54) is 6.26 Å². The molecule has 0 spiro atoms. The van der Waals surface area contributed by atoms with Crippen LogP contribution >= 0.6 is 0 Å². The molecule has 0 aromatic heterocycles. The molecule has 0 heterocycles. The van der Waals surface area contributed by atoms with E-state index in [0.29, 0.717) is 16.9 Å². The summed E-state index contributed by atoms with van der Waals surface area (Å²) in [5.41, 5.74) is 1.16. The first-order valence-corrected chi connectivity index (χ1v) is 10.2. The molecule has 0 radical (unpaired) electrons. The minimum Gasteiger partial charge on any atom is -0.457 e. The number of sulfone groups is 1. The maximum absolute atomic E-state index is 11.3. The summed E-state index contributed by atoms with van der Waals surface area (Å²) < 4.78 is 54.1. The predicted octanol–water partition coefficient (Wildman–Crippen LogP) is 2.69. The third-order valence-electron chi connectivity index (χ3n) is 2.51. The molecule has 0 aliphatic heterocycles. The number of aryl methyl sites for hydroxylation is 1. The molecule has 0 saturated heterocycles. The van der Waals surface area contributed by atoms with E-state index in [1.807, 2.05) is 31.2 Å². The maximum atomic E-state index is 11.3. The molecule has 0 saturated carbocycles. The Morgan fingerprint density at radius 1 is 0.783 bits per heavy atom. The van der Waals surface area contributed by atoms with Crippen LogP contribution in [0.15, 0.2) is 53.4 Å². The Labute approximate surface area is 136 Å². The molecule has 2 aromatic carbocycles. The van der Waals surface area contributed by atoms with Crippen LogP contribution in [0.3, 0.4) is 0 Å². The summed E-state index contributed by atoms with van der Waals surface area (Å²) in [5.74, 6) is 1.35. The minimum absolute atomic E-state index is 0.291. The summed E-state index contributed by atoms with van der Waals surface area (Å²) in [6, 6.07) is 14.0. The average molecular weight is 358 g/mol. The van der Waals surface area contributed by atoms with Crippen LogP contribution < -0.4 is 4.74 Å². The summed E-state index contributed by atoms with van der Waals surface area (Å²) in [5, 5.41) is 0. The van der Waals surface area contributed by atoms with Crippen molar-refractivity contribution < 1.29 is 26.1 Å². The van der Waals surface area contributed by atoms with Crippen molar-refractivity contribution in [2.75, 3.05) is 12.5 Å². The zero-order valence-electron chi connectivity index (χ0n) is 12.9. The van der Waals surface area contributed by atoms with Gasteiger partial charge in [-0.15, -0.1) is 0 Å². The fourth-order valence-electron chi connectivity index (χ4n) is 1.50. The molecule has 2 aromatic rings. The van der Waals surface area contributed by atoms with Crippen molar-refractivity contribution in [2.45, 2.75) is 11.8 Å². The van der Waals surface area contributed by atoms with E-state index >= 15 is 0 Å². The van der Waals surface area contributed by atoms with E-state index in [4.69, 9.17) is 9.29 Å². The van der Waals surface area contributed by atoms with Crippen LogP contribution in [0.25, 0.3) is 0 Å². The van der Waals surface area contributed by atoms with Gasteiger partial charge in [0.25, 0.3) is 10.1 Å². The van der Waals surface area contributed by atoms with Gasteiger partial charge in [0.05, 0.1) is 11.2 Å². The molecule has 0 bridgehead atoms. The lowest BCUT2D eigenvalue weighted by atomic mass is 10.2. The van der Waals surface area contributed by atoms with Gasteiger partial charge >= 0.3 is 0 Å². The zero-order valence-corrected chi connectivity index (χ0v) is 14.6. The van der Waals surface area contributed by atoms with Crippen LogP contribution in [0.1, 0.15) is 5.56 Å². The van der Waals surface area contributed by atoms with Crippen LogP contribution in [-0.2, 0) is 20.0 Å². The van der Waals surface area contributed by atoms with Crippen molar-refractivity contribution in [1.82, 2.24) is 0 Å². The SMILES string of the molecule is CS(=O)(=O)O.Cc1ccc(Oc2ccc(S(C)(=O)=O)cc2)cc1. The topological polar surface area (TPSA) is 97.7 Å². The van der Waals surface area contributed by atoms with Crippen molar-refractivity contribution in [2.24, 2.45) is 0 Å². The van der Waals surface area contributed by atoms with E-state index in [1.54, 1.807) is 24.3 Å². The van der Waals surface area contributed by atoms with Gasteiger partial charge in [-0.05, 0) is 43.3 Å². The normalized spacial score (nSPS) is 11.3. The third-order valence-corrected chi connectivity index (χ3v) is 3.64. The largest absolute Gasteiger partial charge is 0.457 e. The molecular weight excluding hydrogens is 340 g/mol. The second-order valence-corrected chi connectivity index (χ2v) is 8.37. The first-order valence-electron chi connectivity index (χ1n) is 6.42. The number of rotatable bonds is 3. The van der Waals surface area contributed by atoms with Crippen molar-refractivity contribution in [3.63, 3.8) is 0 Å². The highest BCUT2D eigenvalue weighted by atomic mass is 32.2. The molecule has 8 heteroatoms. The second kappa shape index (κ2) is 7.58. The lowest BCUT2D eigenvalue weighted by Crippen LogP contribution is -1.96. The van der Waals surface area contributed by atoms with Gasteiger partial charge < -0.3 is 4.74 Å². The fraction of sp³-hybridized carbons (Fsp3) is 0.200. The summed E-state index contributed by atoms with van der Waals surface area (Å²) >= 11 is 0. The fourth-order valence-corrected chi connectivity index (χ4v) is 2.13. The number of hydrogen-bond donors (Lipinski definition) is 1. The van der Waals surface area contributed by atoms with Gasteiger partial charge in [0.2, 0.25) is 0 Å². The van der Waals surface area contributed by atoms with E-state index in [-0.39, 0.29) is 0 Å². The van der Waals surface area contributed by atoms with Gasteiger partial charge in [-0.25, -0.2) is 8.42 Å². The Hall–Kier alpha value is -1.90. The van der Waals surface area contributed by atoms with Gasteiger partial charge in [-0.1, -0.05) is 17.7 Å². The van der Waals surface area contributed by atoms with Crippen molar-refractivity contribution in [1.29, 1.82) is 0 Å². The van der Waals surface area contributed by atoms with Crippen LogP contribution in [-0.4, -0.2) is 33.9 Å². The van der Waals surface area contributed by atoms with Gasteiger partial charge in [-0.3, -0.25) is 4.55 Å². The van der Waals surface area contributed by atoms with Crippen molar-refractivity contribution >= 4 is 20.0 Å². The Kier molecular flexibility index (Phi) is 6.31. The molecule has 0 fully saturated rings. The first kappa shape index (κ1) is 19.1. The number of hydrogen-bond acceptors (Lipinski definition) is 5. The molecular formula is C15H18O6S2. The quantitative estimate of drug-likeness (QED) is 0.847. The highest BCUT2D eigenvalue weighted by Gasteiger charge is 2.06. The second-order valence-electron chi connectivity index (χ2n) is 4.89. The standard InChI is InChI=1S/C14H14O3S.CH4O3S/c1-11-3-5-12(6-4-11)17-13-7-9-14(10-8-13)18(2,15)16;1-5(2,3)4/h3-10H,1-2H3;1H3,(H,2,3,4). The van der Waals surface area contributed by atoms with Crippen molar-refractivity contribution in [3.8, 4) is 11.5 Å². The van der Waals surface area contributed by atoms with Crippen LogP contribution in [0.4, 0.5) is 0 Å². The summed E-state index contributed by atoms with van der Waals surface area (Å²) in [6.45, 7) is 2.00. The van der Waals surface area contributed by atoms with Crippen molar-refractivity contribution in [3.05, 3.63) is 54.1 Å². The molecule has 0 atom stereocenters. The molecule has 1 N–H and O–H groups in total. The summed E-state index contributed by atoms with van der Waals surface area (Å²) in [4.78, 5) is 0.291. The smallest absolute Gasteiger partial charge is 0.261 e. The molecule has 0 amide bonds. The van der Waals surface area contributed by atoms with Gasteiger partial charge in [-0.2, -0.15) is 8.42 Å².